The molecule has 0 spiro atoms. The van der Waals surface area contributed by atoms with Gasteiger partial charge in [0, 0.05) is 6.08 Å². The van der Waals surface area contributed by atoms with Gasteiger partial charge in [-0.05, 0) is 13.8 Å². The van der Waals surface area contributed by atoms with E-state index in [1.165, 1.54) is 0 Å². The van der Waals surface area contributed by atoms with Crippen LogP contribution in [0.25, 0.3) is 0 Å². The van der Waals surface area contributed by atoms with Gasteiger partial charge in [0.25, 0.3) is 0 Å². The Hall–Kier alpha value is -1.40. The summed E-state index contributed by atoms with van der Waals surface area (Å²) in [7, 11) is 0. The maximum absolute atomic E-state index is 11.4. The number of ether oxygens (including phenoxy) is 4. The first kappa shape index (κ1) is 14.7. The molecule has 1 aliphatic rings. The maximum atomic E-state index is 11.4. The van der Waals surface area contributed by atoms with Gasteiger partial charge in [-0.3, -0.25) is 4.79 Å². The number of rotatable bonds is 5. The molecule has 6 heteroatoms. The Bertz CT molecular complexity index is 314. The van der Waals surface area contributed by atoms with E-state index >= 15 is 0 Å². The molecular weight excluding hydrogens is 240 g/mol. The van der Waals surface area contributed by atoms with E-state index in [2.05, 4.69) is 11.3 Å². The highest BCUT2D eigenvalue weighted by Gasteiger charge is 2.28. The summed E-state index contributed by atoms with van der Waals surface area (Å²) >= 11 is 0. The van der Waals surface area contributed by atoms with Crippen LogP contribution in [0.3, 0.4) is 0 Å². The summed E-state index contributed by atoms with van der Waals surface area (Å²) in [5, 5.41) is 0. The third-order valence-corrected chi connectivity index (χ3v) is 2.50. The molecule has 18 heavy (non-hydrogen) atoms. The zero-order valence-corrected chi connectivity index (χ0v) is 10.6. The first-order chi connectivity index (χ1) is 8.52. The molecule has 1 fully saturated rings. The van der Waals surface area contributed by atoms with E-state index in [0.29, 0.717) is 0 Å². The molecule has 0 aromatic heterocycles. The molecule has 1 saturated heterocycles. The molecule has 3 unspecified atom stereocenters. The Morgan fingerprint density at radius 3 is 2.72 bits per heavy atom. The van der Waals surface area contributed by atoms with Gasteiger partial charge in [0.05, 0.1) is 18.6 Å². The van der Waals surface area contributed by atoms with E-state index < -0.39 is 18.2 Å². The molecule has 0 aliphatic carbocycles. The predicted molar refractivity (Wildman–Crippen MR) is 61.6 cm³/mol. The van der Waals surface area contributed by atoms with Crippen LogP contribution in [0, 0.1) is 0 Å². The molecule has 3 atom stereocenters. The lowest BCUT2D eigenvalue weighted by molar-refractivity contribution is -0.252. The van der Waals surface area contributed by atoms with E-state index in [-0.39, 0.29) is 31.8 Å². The fourth-order valence-electron chi connectivity index (χ4n) is 1.32. The van der Waals surface area contributed by atoms with Crippen LogP contribution in [0.15, 0.2) is 12.7 Å². The van der Waals surface area contributed by atoms with Crippen LogP contribution in [-0.2, 0) is 28.5 Å². The van der Waals surface area contributed by atoms with Gasteiger partial charge < -0.3 is 18.9 Å². The SMILES string of the molecule is C=CC(=O)OCCC(=O)OC1COC(C)C(C)O1. The highest BCUT2D eigenvalue weighted by Crippen LogP contribution is 2.15. The van der Waals surface area contributed by atoms with E-state index in [1.807, 2.05) is 13.8 Å². The molecule has 0 aromatic carbocycles. The third-order valence-electron chi connectivity index (χ3n) is 2.50. The zero-order valence-electron chi connectivity index (χ0n) is 10.6. The van der Waals surface area contributed by atoms with Crippen molar-refractivity contribution in [3.05, 3.63) is 12.7 Å². The summed E-state index contributed by atoms with van der Waals surface area (Å²) in [6.45, 7) is 7.14. The van der Waals surface area contributed by atoms with Gasteiger partial charge in [-0.15, -0.1) is 0 Å². The van der Waals surface area contributed by atoms with Crippen molar-refractivity contribution < 1.29 is 28.5 Å². The minimum absolute atomic E-state index is 0.0199. The summed E-state index contributed by atoms with van der Waals surface area (Å²) in [6.07, 6.45) is 0.165. The fraction of sp³-hybridized carbons (Fsp3) is 0.667. The highest BCUT2D eigenvalue weighted by molar-refractivity contribution is 5.81. The second kappa shape index (κ2) is 7.13. The summed E-state index contributed by atoms with van der Waals surface area (Å²) in [6, 6.07) is 0. The molecule has 0 aromatic rings. The van der Waals surface area contributed by atoms with Crippen molar-refractivity contribution in [2.75, 3.05) is 13.2 Å². The molecular formula is C12H18O6. The number of hydrogen-bond acceptors (Lipinski definition) is 6. The normalized spacial score (nSPS) is 27.3. The predicted octanol–water partition coefficient (Wildman–Crippen LogP) is 0.799. The Balaban J connectivity index is 2.20. The van der Waals surface area contributed by atoms with Crippen LogP contribution in [0.5, 0.6) is 0 Å². The first-order valence-corrected chi connectivity index (χ1v) is 5.78. The van der Waals surface area contributed by atoms with E-state index in [0.717, 1.165) is 6.08 Å². The van der Waals surface area contributed by atoms with Gasteiger partial charge >= 0.3 is 11.9 Å². The van der Waals surface area contributed by atoms with E-state index in [4.69, 9.17) is 14.2 Å². The van der Waals surface area contributed by atoms with Crippen molar-refractivity contribution in [2.24, 2.45) is 0 Å². The highest BCUT2D eigenvalue weighted by atomic mass is 16.7. The lowest BCUT2D eigenvalue weighted by Gasteiger charge is -2.32. The van der Waals surface area contributed by atoms with Crippen LogP contribution in [0.1, 0.15) is 20.3 Å². The molecule has 1 rings (SSSR count). The van der Waals surface area contributed by atoms with Crippen molar-refractivity contribution >= 4 is 11.9 Å². The van der Waals surface area contributed by atoms with Crippen LogP contribution in [0.2, 0.25) is 0 Å². The molecule has 0 amide bonds. The standard InChI is InChI=1S/C12H18O6/c1-4-10(13)15-6-5-11(14)18-12-7-16-8(2)9(3)17-12/h4,8-9,12H,1,5-7H2,2-3H3. The quantitative estimate of drug-likeness (QED) is 0.536. The maximum Gasteiger partial charge on any atom is 0.330 e. The van der Waals surface area contributed by atoms with Crippen LogP contribution in [-0.4, -0.2) is 43.7 Å². The number of hydrogen-bond donors (Lipinski definition) is 0. The van der Waals surface area contributed by atoms with Gasteiger partial charge in [0.15, 0.2) is 0 Å². The second-order valence-electron chi connectivity index (χ2n) is 3.92. The zero-order chi connectivity index (χ0) is 13.5. The Morgan fingerprint density at radius 2 is 2.11 bits per heavy atom. The second-order valence-corrected chi connectivity index (χ2v) is 3.92. The van der Waals surface area contributed by atoms with E-state index in [1.54, 1.807) is 0 Å². The largest absolute Gasteiger partial charge is 0.462 e. The number of carbonyl (C=O) groups excluding carboxylic acids is 2. The number of esters is 2. The van der Waals surface area contributed by atoms with Crippen LogP contribution < -0.4 is 0 Å². The lowest BCUT2D eigenvalue weighted by atomic mass is 10.2. The first-order valence-electron chi connectivity index (χ1n) is 5.78. The molecule has 0 bridgehead atoms. The summed E-state index contributed by atoms with van der Waals surface area (Å²) < 4.78 is 20.5. The average Bonchev–Trinajstić information content (AvgIpc) is 2.33. The molecule has 1 heterocycles. The van der Waals surface area contributed by atoms with Gasteiger partial charge in [-0.1, -0.05) is 6.58 Å². The molecule has 0 radical (unpaired) electrons. The summed E-state index contributed by atoms with van der Waals surface area (Å²) in [4.78, 5) is 22.1. The topological polar surface area (TPSA) is 71.1 Å². The molecule has 102 valence electrons. The molecule has 0 N–H and O–H groups in total. The van der Waals surface area contributed by atoms with E-state index in [9.17, 15) is 9.59 Å². The van der Waals surface area contributed by atoms with Crippen molar-refractivity contribution in [1.82, 2.24) is 0 Å². The number of carbonyl (C=O) groups is 2. The van der Waals surface area contributed by atoms with Crippen LogP contribution in [0.4, 0.5) is 0 Å². The van der Waals surface area contributed by atoms with Gasteiger partial charge in [-0.25, -0.2) is 4.79 Å². The molecule has 0 saturated carbocycles. The Labute approximate surface area is 106 Å². The van der Waals surface area contributed by atoms with Crippen molar-refractivity contribution in [2.45, 2.75) is 38.8 Å². The summed E-state index contributed by atoms with van der Waals surface area (Å²) in [5.74, 6) is -1.07. The average molecular weight is 258 g/mol. The minimum atomic E-state index is -0.696. The third kappa shape index (κ3) is 4.85. The monoisotopic (exact) mass is 258 g/mol. The fourth-order valence-corrected chi connectivity index (χ4v) is 1.32. The Morgan fingerprint density at radius 1 is 1.39 bits per heavy atom. The van der Waals surface area contributed by atoms with Crippen LogP contribution >= 0.6 is 0 Å². The van der Waals surface area contributed by atoms with Crippen molar-refractivity contribution in [1.29, 1.82) is 0 Å². The smallest absolute Gasteiger partial charge is 0.330 e. The Kier molecular flexibility index (Phi) is 5.80. The van der Waals surface area contributed by atoms with Gasteiger partial charge in [0.1, 0.15) is 13.2 Å². The van der Waals surface area contributed by atoms with Gasteiger partial charge in [0.2, 0.25) is 6.29 Å². The lowest BCUT2D eigenvalue weighted by Crippen LogP contribution is -2.42. The summed E-state index contributed by atoms with van der Waals surface area (Å²) in [5.41, 5.74) is 0. The minimum Gasteiger partial charge on any atom is -0.462 e. The van der Waals surface area contributed by atoms with Crippen molar-refractivity contribution in [3.8, 4) is 0 Å². The molecule has 1 aliphatic heterocycles. The van der Waals surface area contributed by atoms with Crippen molar-refractivity contribution in [3.63, 3.8) is 0 Å². The van der Waals surface area contributed by atoms with Gasteiger partial charge in [-0.2, -0.15) is 0 Å². The molecule has 6 nitrogen and oxygen atoms in total.